The molecule has 0 spiro atoms. The van der Waals surface area contributed by atoms with Crippen molar-refractivity contribution in [2.45, 2.75) is 25.7 Å². The van der Waals surface area contributed by atoms with E-state index in [1.54, 1.807) is 6.21 Å². The number of fused-ring (bicyclic) bond motifs is 1. The first-order valence-electron chi connectivity index (χ1n) is 5.17. The van der Waals surface area contributed by atoms with Crippen LogP contribution in [0.1, 0.15) is 25.5 Å². The second-order valence-corrected chi connectivity index (χ2v) is 3.59. The summed E-state index contributed by atoms with van der Waals surface area (Å²) in [5.74, 6) is -1.11. The van der Waals surface area contributed by atoms with Gasteiger partial charge in [0.25, 0.3) is 5.97 Å². The molecule has 1 aliphatic rings. The summed E-state index contributed by atoms with van der Waals surface area (Å²) in [4.78, 5) is 7.17. The van der Waals surface area contributed by atoms with Crippen LogP contribution in [0.25, 0.3) is 0 Å². The van der Waals surface area contributed by atoms with Crippen LogP contribution in [0.2, 0.25) is 0 Å². The third-order valence-electron chi connectivity index (χ3n) is 2.30. The van der Waals surface area contributed by atoms with Gasteiger partial charge in [0, 0.05) is 6.20 Å². The molecular formula is C10H16N4O. The van der Waals surface area contributed by atoms with Gasteiger partial charge in [-0.15, -0.1) is 0 Å². The molecule has 0 radical (unpaired) electrons. The van der Waals surface area contributed by atoms with E-state index in [4.69, 9.17) is 10.5 Å². The van der Waals surface area contributed by atoms with Crippen LogP contribution in [0, 0.1) is 0 Å². The van der Waals surface area contributed by atoms with Crippen LogP contribution >= 0.6 is 0 Å². The zero-order valence-electron chi connectivity index (χ0n) is 8.79. The number of H-pyrrole nitrogens is 1. The molecule has 1 atom stereocenters. The van der Waals surface area contributed by atoms with E-state index in [0.717, 1.165) is 24.2 Å². The average molecular weight is 208 g/mol. The van der Waals surface area contributed by atoms with Crippen molar-refractivity contribution < 1.29 is 4.74 Å². The Kier molecular flexibility index (Phi) is 2.75. The van der Waals surface area contributed by atoms with Gasteiger partial charge in [-0.3, -0.25) is 5.73 Å². The summed E-state index contributed by atoms with van der Waals surface area (Å²) in [5, 5.41) is 3.04. The molecule has 2 heterocycles. The van der Waals surface area contributed by atoms with Gasteiger partial charge >= 0.3 is 0 Å². The lowest BCUT2D eigenvalue weighted by Gasteiger charge is -2.29. The fourth-order valence-corrected chi connectivity index (χ4v) is 1.43. The van der Waals surface area contributed by atoms with Gasteiger partial charge in [0.2, 0.25) is 0 Å². The lowest BCUT2D eigenvalue weighted by Crippen LogP contribution is -2.50. The van der Waals surface area contributed by atoms with E-state index in [1.807, 2.05) is 12.3 Å². The Bertz CT molecular complexity index is 360. The Morgan fingerprint density at radius 1 is 1.60 bits per heavy atom. The fraction of sp³-hybridized carbons (Fsp3) is 0.500. The molecule has 15 heavy (non-hydrogen) atoms. The predicted molar refractivity (Wildman–Crippen MR) is 59.8 cm³/mol. The molecule has 1 aromatic heterocycles. The number of nitrogens with two attached hydrogens (primary N) is 1. The number of nitrogens with zero attached hydrogens (tertiary/aromatic N) is 1. The topological polar surface area (TPSA) is 75.4 Å². The number of unbranched alkanes of at least 4 members (excludes halogenated alkanes) is 1. The van der Waals surface area contributed by atoms with E-state index >= 15 is 0 Å². The molecule has 0 aromatic carbocycles. The van der Waals surface area contributed by atoms with Gasteiger partial charge in [0.15, 0.2) is 0 Å². The Labute approximate surface area is 88.7 Å². The van der Waals surface area contributed by atoms with Crippen molar-refractivity contribution in [3.8, 4) is 0 Å². The third kappa shape index (κ3) is 2.19. The van der Waals surface area contributed by atoms with Gasteiger partial charge in [-0.25, -0.2) is 4.99 Å². The molecule has 0 amide bonds. The molecule has 5 nitrogen and oxygen atoms in total. The second kappa shape index (κ2) is 4.04. The second-order valence-electron chi connectivity index (χ2n) is 3.59. The van der Waals surface area contributed by atoms with Gasteiger partial charge in [0.1, 0.15) is 0 Å². The van der Waals surface area contributed by atoms with Gasteiger partial charge in [0.05, 0.1) is 24.2 Å². The zero-order chi connectivity index (χ0) is 10.7. The first-order chi connectivity index (χ1) is 7.23. The molecule has 82 valence electrons. The van der Waals surface area contributed by atoms with Gasteiger partial charge in [-0.2, -0.15) is 0 Å². The van der Waals surface area contributed by atoms with Gasteiger partial charge in [-0.05, 0) is 12.5 Å². The number of aromatic amines is 1. The Morgan fingerprint density at radius 3 is 3.27 bits per heavy atom. The van der Waals surface area contributed by atoms with Crippen LogP contribution in [-0.4, -0.2) is 23.8 Å². The minimum absolute atomic E-state index is 0.608. The quantitative estimate of drug-likeness (QED) is 0.515. The highest BCUT2D eigenvalue weighted by Gasteiger charge is 2.28. The molecule has 0 fully saturated rings. The molecule has 0 bridgehead atoms. The maximum atomic E-state index is 5.93. The lowest BCUT2D eigenvalue weighted by molar-refractivity contribution is -0.0141. The van der Waals surface area contributed by atoms with Crippen molar-refractivity contribution in [2.75, 3.05) is 11.9 Å². The first-order valence-corrected chi connectivity index (χ1v) is 5.17. The molecule has 1 aromatic rings. The smallest absolute Gasteiger partial charge is 0.297 e. The van der Waals surface area contributed by atoms with Crippen molar-refractivity contribution in [3.05, 3.63) is 18.0 Å². The van der Waals surface area contributed by atoms with Crippen LogP contribution < -0.4 is 11.1 Å². The number of ether oxygens (including phenoxy) is 1. The van der Waals surface area contributed by atoms with Crippen molar-refractivity contribution in [1.29, 1.82) is 0 Å². The molecular weight excluding hydrogens is 192 g/mol. The highest BCUT2D eigenvalue weighted by atomic mass is 16.5. The van der Waals surface area contributed by atoms with E-state index in [0.29, 0.717) is 6.61 Å². The minimum atomic E-state index is -1.11. The number of hydrogen-bond donors (Lipinski definition) is 3. The van der Waals surface area contributed by atoms with Crippen molar-refractivity contribution in [3.63, 3.8) is 0 Å². The van der Waals surface area contributed by atoms with E-state index in [1.165, 1.54) is 0 Å². The standard InChI is InChI=1S/C10H16N4O/c1-2-3-6-15-10(11)13-7-9-8(14-10)4-5-12-9/h4-5,7,12,14H,2-3,6,11H2,1H3. The molecule has 0 saturated carbocycles. The van der Waals surface area contributed by atoms with Crippen LogP contribution in [0.5, 0.6) is 0 Å². The highest BCUT2D eigenvalue weighted by molar-refractivity contribution is 5.87. The minimum Gasteiger partial charge on any atom is -0.359 e. The van der Waals surface area contributed by atoms with E-state index < -0.39 is 5.97 Å². The van der Waals surface area contributed by atoms with Crippen molar-refractivity contribution in [1.82, 2.24) is 4.98 Å². The van der Waals surface area contributed by atoms with Gasteiger partial charge < -0.3 is 15.0 Å². The summed E-state index contributed by atoms with van der Waals surface area (Å²) in [5.41, 5.74) is 7.78. The summed E-state index contributed by atoms with van der Waals surface area (Å²) in [7, 11) is 0. The number of anilines is 1. The van der Waals surface area contributed by atoms with Crippen LogP contribution in [-0.2, 0) is 4.74 Å². The highest BCUT2D eigenvalue weighted by Crippen LogP contribution is 2.21. The summed E-state index contributed by atoms with van der Waals surface area (Å²) in [6.45, 7) is 2.71. The molecule has 1 aliphatic heterocycles. The maximum absolute atomic E-state index is 5.93. The summed E-state index contributed by atoms with van der Waals surface area (Å²) in [6.07, 6.45) is 5.59. The number of nitrogens with one attached hydrogen (secondary N) is 2. The summed E-state index contributed by atoms with van der Waals surface area (Å²) < 4.78 is 5.49. The Morgan fingerprint density at radius 2 is 2.47 bits per heavy atom. The molecule has 5 heteroatoms. The molecule has 2 rings (SSSR count). The number of aliphatic imine (C=N–C) groups is 1. The monoisotopic (exact) mass is 208 g/mol. The van der Waals surface area contributed by atoms with Crippen LogP contribution in [0.4, 0.5) is 5.69 Å². The normalized spacial score (nSPS) is 23.6. The van der Waals surface area contributed by atoms with Crippen LogP contribution in [0.15, 0.2) is 17.3 Å². The largest absolute Gasteiger partial charge is 0.359 e. The first kappa shape index (κ1) is 10.2. The molecule has 4 N–H and O–H groups in total. The lowest BCUT2D eigenvalue weighted by atomic mass is 10.3. The Balaban J connectivity index is 2.01. The predicted octanol–water partition coefficient (Wildman–Crippen LogP) is 1.25. The van der Waals surface area contributed by atoms with E-state index in [2.05, 4.69) is 22.2 Å². The Hall–Kier alpha value is -1.33. The van der Waals surface area contributed by atoms with Crippen molar-refractivity contribution >= 4 is 11.9 Å². The van der Waals surface area contributed by atoms with E-state index in [9.17, 15) is 0 Å². The number of rotatable bonds is 4. The van der Waals surface area contributed by atoms with Gasteiger partial charge in [-0.1, -0.05) is 13.3 Å². The average Bonchev–Trinajstić information content (AvgIpc) is 2.64. The van der Waals surface area contributed by atoms with Crippen molar-refractivity contribution in [2.24, 2.45) is 10.7 Å². The number of hydrogen-bond acceptors (Lipinski definition) is 4. The molecule has 1 unspecified atom stereocenters. The SMILES string of the molecule is CCCCOC1(N)N=Cc2[nH]ccc2N1. The maximum Gasteiger partial charge on any atom is 0.297 e. The summed E-state index contributed by atoms with van der Waals surface area (Å²) in [6, 6.07) is 1.91. The zero-order valence-corrected chi connectivity index (χ0v) is 8.79. The molecule has 0 saturated heterocycles. The summed E-state index contributed by atoms with van der Waals surface area (Å²) >= 11 is 0. The number of aromatic nitrogens is 1. The molecule has 0 aliphatic carbocycles. The third-order valence-corrected chi connectivity index (χ3v) is 2.30. The van der Waals surface area contributed by atoms with Crippen LogP contribution in [0.3, 0.4) is 0 Å². The fourth-order valence-electron chi connectivity index (χ4n) is 1.43. The van der Waals surface area contributed by atoms with E-state index in [-0.39, 0.29) is 0 Å².